The zero-order valence-corrected chi connectivity index (χ0v) is 17.3. The Balaban J connectivity index is 1.59. The maximum Gasteiger partial charge on any atom is 0.338 e. The van der Waals surface area contributed by atoms with E-state index in [9.17, 15) is 9.59 Å². The third kappa shape index (κ3) is 5.08. The van der Waals surface area contributed by atoms with E-state index in [1.807, 2.05) is 67.7 Å². The quantitative estimate of drug-likeness (QED) is 0.717. The van der Waals surface area contributed by atoms with Gasteiger partial charge in [-0.3, -0.25) is 4.79 Å². The largest absolute Gasteiger partial charge is 0.449 e. The second-order valence-electron chi connectivity index (χ2n) is 6.55. The minimum atomic E-state index is -0.877. The first kappa shape index (κ1) is 19.8. The Morgan fingerprint density at radius 3 is 2.41 bits per heavy atom. The van der Waals surface area contributed by atoms with Gasteiger partial charge in [0.15, 0.2) is 6.10 Å². The molecule has 1 heterocycles. The minimum absolute atomic E-state index is 0.340. The number of carbonyl (C=O) groups excluding carboxylic acids is 2. The molecule has 0 aliphatic carbocycles. The molecule has 0 radical (unpaired) electrons. The van der Waals surface area contributed by atoms with Gasteiger partial charge in [-0.15, -0.1) is 23.5 Å². The zero-order chi connectivity index (χ0) is 19.4. The number of hydrogen-bond donors (Lipinski definition) is 1. The van der Waals surface area contributed by atoms with Crippen molar-refractivity contribution in [1.29, 1.82) is 0 Å². The smallest absolute Gasteiger partial charge is 0.338 e. The molecule has 142 valence electrons. The highest BCUT2D eigenvalue weighted by molar-refractivity contribution is 8.19. The van der Waals surface area contributed by atoms with E-state index in [1.54, 1.807) is 19.1 Å². The fourth-order valence-electron chi connectivity index (χ4n) is 2.71. The number of carbonyl (C=O) groups is 2. The van der Waals surface area contributed by atoms with Crippen molar-refractivity contribution in [2.75, 3.05) is 16.8 Å². The van der Waals surface area contributed by atoms with Gasteiger partial charge in [0, 0.05) is 17.2 Å². The van der Waals surface area contributed by atoms with Gasteiger partial charge in [0.25, 0.3) is 5.91 Å². The van der Waals surface area contributed by atoms with Crippen LogP contribution in [0.2, 0.25) is 0 Å². The van der Waals surface area contributed by atoms with Crippen LogP contribution in [0.15, 0.2) is 42.5 Å². The van der Waals surface area contributed by atoms with Gasteiger partial charge in [0.2, 0.25) is 0 Å². The van der Waals surface area contributed by atoms with Crippen molar-refractivity contribution in [3.63, 3.8) is 0 Å². The molecule has 0 spiro atoms. The molecule has 1 aliphatic rings. The zero-order valence-electron chi connectivity index (χ0n) is 15.7. The van der Waals surface area contributed by atoms with E-state index in [0.29, 0.717) is 10.1 Å². The molecule has 1 fully saturated rings. The Hall–Kier alpha value is -1.92. The monoisotopic (exact) mass is 401 g/mol. The normalized spacial score (nSPS) is 15.4. The summed E-state index contributed by atoms with van der Waals surface area (Å²) in [5.74, 6) is 1.49. The molecule has 0 saturated carbocycles. The molecule has 2 aromatic carbocycles. The third-order valence-corrected chi connectivity index (χ3v) is 7.45. The summed E-state index contributed by atoms with van der Waals surface area (Å²) in [4.78, 5) is 24.7. The van der Waals surface area contributed by atoms with Crippen LogP contribution in [0.1, 0.15) is 38.6 Å². The summed E-state index contributed by atoms with van der Waals surface area (Å²) in [6.07, 6.45) is -0.877. The van der Waals surface area contributed by atoms with Crippen LogP contribution in [0, 0.1) is 13.8 Å². The highest BCUT2D eigenvalue weighted by Gasteiger charge is 2.21. The molecular formula is C21H23NO3S2. The molecule has 27 heavy (non-hydrogen) atoms. The Morgan fingerprint density at radius 1 is 1.07 bits per heavy atom. The minimum Gasteiger partial charge on any atom is -0.449 e. The average Bonchev–Trinajstić information content (AvgIpc) is 3.19. The van der Waals surface area contributed by atoms with Crippen LogP contribution in [0.4, 0.5) is 5.69 Å². The number of amides is 1. The number of benzene rings is 2. The second-order valence-corrected chi connectivity index (χ2v) is 9.28. The topological polar surface area (TPSA) is 55.4 Å². The van der Waals surface area contributed by atoms with Gasteiger partial charge in [-0.25, -0.2) is 4.79 Å². The van der Waals surface area contributed by atoms with Gasteiger partial charge in [0.1, 0.15) is 0 Å². The predicted molar refractivity (Wildman–Crippen MR) is 114 cm³/mol. The Labute approximate surface area is 168 Å². The van der Waals surface area contributed by atoms with Crippen molar-refractivity contribution in [1.82, 2.24) is 0 Å². The first-order valence-electron chi connectivity index (χ1n) is 8.86. The van der Waals surface area contributed by atoms with Crippen LogP contribution in [0.3, 0.4) is 0 Å². The molecular weight excluding hydrogens is 378 g/mol. The summed E-state index contributed by atoms with van der Waals surface area (Å²) in [5, 5.41) is 2.83. The highest BCUT2D eigenvalue weighted by atomic mass is 32.2. The molecule has 0 aromatic heterocycles. The second kappa shape index (κ2) is 8.85. The number of hydrogen-bond acceptors (Lipinski definition) is 5. The summed E-state index contributed by atoms with van der Waals surface area (Å²) in [6, 6.07) is 13.3. The number of ether oxygens (including phenoxy) is 1. The van der Waals surface area contributed by atoms with Crippen molar-refractivity contribution in [3.8, 4) is 0 Å². The number of rotatable bonds is 5. The van der Waals surface area contributed by atoms with Crippen LogP contribution in [-0.2, 0) is 9.53 Å². The lowest BCUT2D eigenvalue weighted by atomic mass is 10.1. The summed E-state index contributed by atoms with van der Waals surface area (Å²) in [5.41, 5.74) is 4.42. The van der Waals surface area contributed by atoms with Gasteiger partial charge in [0.05, 0.1) is 10.1 Å². The molecule has 1 saturated heterocycles. The van der Waals surface area contributed by atoms with Crippen LogP contribution in [-0.4, -0.2) is 29.5 Å². The number of anilines is 1. The number of esters is 1. The third-order valence-electron chi connectivity index (χ3n) is 4.34. The van der Waals surface area contributed by atoms with Crippen molar-refractivity contribution >= 4 is 41.1 Å². The highest BCUT2D eigenvalue weighted by Crippen LogP contribution is 2.45. The van der Waals surface area contributed by atoms with E-state index in [0.717, 1.165) is 28.3 Å². The molecule has 1 unspecified atom stereocenters. The number of nitrogens with one attached hydrogen (secondary N) is 1. The van der Waals surface area contributed by atoms with Gasteiger partial charge >= 0.3 is 5.97 Å². The lowest BCUT2D eigenvalue weighted by molar-refractivity contribution is -0.123. The first-order valence-corrected chi connectivity index (χ1v) is 11.0. The van der Waals surface area contributed by atoms with Crippen molar-refractivity contribution < 1.29 is 14.3 Å². The summed E-state index contributed by atoms with van der Waals surface area (Å²) < 4.78 is 5.79. The van der Waals surface area contributed by atoms with Gasteiger partial charge in [-0.2, -0.15) is 0 Å². The maximum atomic E-state index is 12.4. The van der Waals surface area contributed by atoms with Crippen LogP contribution in [0.25, 0.3) is 0 Å². The van der Waals surface area contributed by atoms with E-state index in [2.05, 4.69) is 5.32 Å². The predicted octanol–water partition coefficient (Wildman–Crippen LogP) is 4.97. The molecule has 1 N–H and O–H groups in total. The molecule has 6 heteroatoms. The fraction of sp³-hybridized carbons (Fsp3) is 0.333. The maximum absolute atomic E-state index is 12.4. The van der Waals surface area contributed by atoms with Crippen LogP contribution >= 0.6 is 23.5 Å². The SMILES string of the molecule is Cc1ccc(C)c(NC(=O)C(C)OC(=O)c2ccc(C3SCCS3)cc2)c1. The van der Waals surface area contributed by atoms with E-state index < -0.39 is 12.1 Å². The molecule has 1 atom stereocenters. The summed E-state index contributed by atoms with van der Waals surface area (Å²) in [7, 11) is 0. The number of thioether (sulfide) groups is 2. The molecule has 1 amide bonds. The fourth-order valence-corrected chi connectivity index (χ4v) is 5.57. The Morgan fingerprint density at radius 2 is 1.74 bits per heavy atom. The van der Waals surface area contributed by atoms with Gasteiger partial charge < -0.3 is 10.1 Å². The Bertz CT molecular complexity index is 830. The lowest BCUT2D eigenvalue weighted by Crippen LogP contribution is -2.30. The van der Waals surface area contributed by atoms with Crippen molar-refractivity contribution in [3.05, 3.63) is 64.7 Å². The average molecular weight is 402 g/mol. The van der Waals surface area contributed by atoms with Crippen molar-refractivity contribution in [2.24, 2.45) is 0 Å². The van der Waals surface area contributed by atoms with E-state index >= 15 is 0 Å². The van der Waals surface area contributed by atoms with Crippen LogP contribution in [0.5, 0.6) is 0 Å². The van der Waals surface area contributed by atoms with E-state index in [-0.39, 0.29) is 5.91 Å². The standard InChI is InChI=1S/C21H23NO3S2/c1-13-4-5-14(2)18(12-13)22-19(23)15(3)25-20(24)16-6-8-17(9-7-16)21-26-10-11-27-21/h4-9,12,15,21H,10-11H2,1-3H3,(H,22,23). The number of aryl methyl sites for hydroxylation is 2. The van der Waals surface area contributed by atoms with Crippen LogP contribution < -0.4 is 5.32 Å². The van der Waals surface area contributed by atoms with E-state index in [1.165, 1.54) is 5.56 Å². The molecule has 0 bridgehead atoms. The van der Waals surface area contributed by atoms with Gasteiger partial charge in [-0.1, -0.05) is 24.3 Å². The first-order chi connectivity index (χ1) is 12.9. The molecule has 4 nitrogen and oxygen atoms in total. The lowest BCUT2D eigenvalue weighted by Gasteiger charge is -2.15. The molecule has 3 rings (SSSR count). The Kier molecular flexibility index (Phi) is 6.50. The molecule has 1 aliphatic heterocycles. The van der Waals surface area contributed by atoms with Crippen molar-refractivity contribution in [2.45, 2.75) is 31.5 Å². The van der Waals surface area contributed by atoms with Gasteiger partial charge in [-0.05, 0) is 55.7 Å². The summed E-state index contributed by atoms with van der Waals surface area (Å²) in [6.45, 7) is 5.47. The molecule has 2 aromatic rings. The summed E-state index contributed by atoms with van der Waals surface area (Å²) >= 11 is 3.84. The van der Waals surface area contributed by atoms with E-state index in [4.69, 9.17) is 4.74 Å².